The van der Waals surface area contributed by atoms with Gasteiger partial charge in [-0.2, -0.15) is 0 Å². The summed E-state index contributed by atoms with van der Waals surface area (Å²) in [6, 6.07) is 14.5. The van der Waals surface area contributed by atoms with Gasteiger partial charge < -0.3 is 20.7 Å². The van der Waals surface area contributed by atoms with Crippen LogP contribution in [0.25, 0.3) is 0 Å². The number of esters is 2. The van der Waals surface area contributed by atoms with E-state index in [1.807, 2.05) is 0 Å². The molecule has 0 saturated heterocycles. The first-order valence-corrected chi connectivity index (χ1v) is 8.40. The maximum atomic E-state index is 12.6. The molecule has 0 aliphatic rings. The molecule has 0 radical (unpaired) electrons. The van der Waals surface area contributed by atoms with Crippen molar-refractivity contribution in [2.24, 2.45) is 5.73 Å². The van der Waals surface area contributed by atoms with E-state index < -0.39 is 18.0 Å². The largest absolute Gasteiger partial charge is 0.396 e. The van der Waals surface area contributed by atoms with E-state index in [0.29, 0.717) is 18.5 Å². The molecule has 2 aromatic carbocycles. The molecule has 0 aromatic heterocycles. The maximum absolute atomic E-state index is 12.6. The van der Waals surface area contributed by atoms with Gasteiger partial charge in [0.15, 0.2) is 6.10 Å². The number of aliphatic hydroxyl groups excluding tert-OH is 2. The van der Waals surface area contributed by atoms with Crippen LogP contribution in [0.1, 0.15) is 36.5 Å². The first-order chi connectivity index (χ1) is 12.9. The van der Waals surface area contributed by atoms with Crippen molar-refractivity contribution in [3.05, 3.63) is 71.5 Å². The lowest BCUT2D eigenvalue weighted by Gasteiger charge is -2.13. The number of benzene rings is 2. The Morgan fingerprint density at radius 2 is 1.67 bits per heavy atom. The van der Waals surface area contributed by atoms with E-state index in [9.17, 15) is 19.1 Å². The molecule has 0 unspecified atom stereocenters. The molecule has 0 fully saturated rings. The SMILES string of the molecule is CC(=O)OC(=O)[C@H](O)c1ccccc1.NC[C@@H](CCO)c1ccc(F)cc1. The molecule has 0 heterocycles. The van der Waals surface area contributed by atoms with Crippen molar-refractivity contribution < 1.29 is 28.9 Å². The molecule has 0 aliphatic heterocycles. The second-order valence-corrected chi connectivity index (χ2v) is 5.72. The summed E-state index contributed by atoms with van der Waals surface area (Å²) >= 11 is 0. The van der Waals surface area contributed by atoms with E-state index in [1.165, 1.54) is 12.1 Å². The van der Waals surface area contributed by atoms with Crippen molar-refractivity contribution in [3.63, 3.8) is 0 Å². The highest BCUT2D eigenvalue weighted by molar-refractivity contribution is 5.87. The van der Waals surface area contributed by atoms with Gasteiger partial charge in [0.05, 0.1) is 0 Å². The second-order valence-electron chi connectivity index (χ2n) is 5.72. The van der Waals surface area contributed by atoms with Crippen molar-refractivity contribution >= 4 is 11.9 Å². The molecule has 4 N–H and O–H groups in total. The molecule has 6 nitrogen and oxygen atoms in total. The highest BCUT2D eigenvalue weighted by Crippen LogP contribution is 2.18. The average molecular weight is 377 g/mol. The number of ether oxygens (including phenoxy) is 1. The summed E-state index contributed by atoms with van der Waals surface area (Å²) in [5.41, 5.74) is 6.91. The fraction of sp³-hybridized carbons (Fsp3) is 0.300. The van der Waals surface area contributed by atoms with E-state index in [-0.39, 0.29) is 18.3 Å². The normalized spacial score (nSPS) is 12.3. The van der Waals surface area contributed by atoms with Crippen molar-refractivity contribution in [2.75, 3.05) is 13.2 Å². The highest BCUT2D eigenvalue weighted by atomic mass is 19.1. The number of hydrogen-bond donors (Lipinski definition) is 3. The summed E-state index contributed by atoms with van der Waals surface area (Å²) in [5.74, 6) is -1.80. The van der Waals surface area contributed by atoms with Crippen molar-refractivity contribution in [2.45, 2.75) is 25.4 Å². The van der Waals surface area contributed by atoms with Crippen LogP contribution in [0.3, 0.4) is 0 Å². The Morgan fingerprint density at radius 3 is 2.15 bits per heavy atom. The molecule has 0 bridgehead atoms. The van der Waals surface area contributed by atoms with E-state index in [2.05, 4.69) is 4.74 Å². The summed E-state index contributed by atoms with van der Waals surface area (Å²) in [6.45, 7) is 1.70. The van der Waals surface area contributed by atoms with Gasteiger partial charge >= 0.3 is 11.9 Å². The number of hydrogen-bond acceptors (Lipinski definition) is 6. The third-order valence-corrected chi connectivity index (χ3v) is 3.69. The Hall–Kier alpha value is -2.61. The fourth-order valence-corrected chi connectivity index (χ4v) is 2.28. The van der Waals surface area contributed by atoms with E-state index in [1.54, 1.807) is 42.5 Å². The summed E-state index contributed by atoms with van der Waals surface area (Å²) in [6.07, 6.45) is -0.776. The maximum Gasteiger partial charge on any atom is 0.347 e. The topological polar surface area (TPSA) is 110 Å². The Balaban J connectivity index is 0.000000271. The van der Waals surface area contributed by atoms with E-state index >= 15 is 0 Å². The summed E-state index contributed by atoms with van der Waals surface area (Å²) in [5, 5.41) is 18.2. The van der Waals surface area contributed by atoms with Crippen LogP contribution in [-0.4, -0.2) is 35.3 Å². The lowest BCUT2D eigenvalue weighted by molar-refractivity contribution is -0.164. The molecule has 7 heteroatoms. The van der Waals surface area contributed by atoms with Crippen molar-refractivity contribution in [1.82, 2.24) is 0 Å². The molecule has 0 spiro atoms. The predicted molar refractivity (Wildman–Crippen MR) is 98.1 cm³/mol. The highest BCUT2D eigenvalue weighted by Gasteiger charge is 2.19. The number of aliphatic hydroxyl groups is 2. The number of halogens is 1. The molecule has 2 atom stereocenters. The average Bonchev–Trinajstić information content (AvgIpc) is 2.67. The quantitative estimate of drug-likeness (QED) is 0.525. The van der Waals surface area contributed by atoms with Gasteiger partial charge in [0.25, 0.3) is 0 Å². The number of rotatable bonds is 6. The zero-order valence-electron chi connectivity index (χ0n) is 15.0. The van der Waals surface area contributed by atoms with Gasteiger partial charge in [-0.1, -0.05) is 42.5 Å². The lowest BCUT2D eigenvalue weighted by Crippen LogP contribution is -2.17. The molecule has 27 heavy (non-hydrogen) atoms. The lowest BCUT2D eigenvalue weighted by atomic mass is 9.96. The van der Waals surface area contributed by atoms with Crippen molar-refractivity contribution in [3.8, 4) is 0 Å². The van der Waals surface area contributed by atoms with Crippen LogP contribution in [0.2, 0.25) is 0 Å². The second kappa shape index (κ2) is 11.9. The monoisotopic (exact) mass is 377 g/mol. The zero-order chi connectivity index (χ0) is 20.2. The van der Waals surface area contributed by atoms with Crippen molar-refractivity contribution in [1.29, 1.82) is 0 Å². The molecular formula is C20H24FNO5. The fourth-order valence-electron chi connectivity index (χ4n) is 2.28. The Labute approximate surface area is 157 Å². The first-order valence-electron chi connectivity index (χ1n) is 8.40. The zero-order valence-corrected chi connectivity index (χ0v) is 15.0. The Bertz CT molecular complexity index is 706. The van der Waals surface area contributed by atoms with Gasteiger partial charge in [-0.3, -0.25) is 4.79 Å². The number of nitrogens with two attached hydrogens (primary N) is 1. The van der Waals surface area contributed by atoms with Crippen LogP contribution >= 0.6 is 0 Å². The predicted octanol–water partition coefficient (Wildman–Crippen LogP) is 2.06. The van der Waals surface area contributed by atoms with Crippen LogP contribution in [0, 0.1) is 5.82 Å². The molecule has 2 rings (SSSR count). The van der Waals surface area contributed by atoms with Gasteiger partial charge in [0.2, 0.25) is 0 Å². The van der Waals surface area contributed by atoms with Crippen LogP contribution in [0.5, 0.6) is 0 Å². The third kappa shape index (κ3) is 8.08. The van der Waals surface area contributed by atoms with Gasteiger partial charge in [0.1, 0.15) is 5.82 Å². The van der Waals surface area contributed by atoms with Gasteiger partial charge in [-0.15, -0.1) is 0 Å². The minimum absolute atomic E-state index is 0.110. The van der Waals surface area contributed by atoms with E-state index in [4.69, 9.17) is 10.8 Å². The third-order valence-electron chi connectivity index (χ3n) is 3.69. The molecule has 0 saturated carbocycles. The van der Waals surface area contributed by atoms with Crippen LogP contribution in [0.15, 0.2) is 54.6 Å². The van der Waals surface area contributed by atoms with Crippen LogP contribution in [0.4, 0.5) is 4.39 Å². The van der Waals surface area contributed by atoms with E-state index in [0.717, 1.165) is 12.5 Å². The van der Waals surface area contributed by atoms with Gasteiger partial charge in [0, 0.05) is 13.5 Å². The molecule has 0 aliphatic carbocycles. The molecule has 2 aromatic rings. The smallest absolute Gasteiger partial charge is 0.347 e. The Morgan fingerprint density at radius 1 is 1.07 bits per heavy atom. The first kappa shape index (κ1) is 22.4. The number of carbonyl (C=O) groups excluding carboxylic acids is 2. The molecular weight excluding hydrogens is 353 g/mol. The van der Waals surface area contributed by atoms with Gasteiger partial charge in [-0.25, -0.2) is 9.18 Å². The summed E-state index contributed by atoms with van der Waals surface area (Å²) in [4.78, 5) is 21.5. The standard InChI is InChI=1S/C10H14FNO.C10H10O4/c11-10-3-1-8(2-4-10)9(7-12)5-6-13;1-7(11)14-10(13)9(12)8-5-3-2-4-6-8/h1-4,9,13H,5-7,12H2;2-6,9,12H,1H3/t2*9-/m11/s1. The molecule has 146 valence electrons. The van der Waals surface area contributed by atoms with Gasteiger partial charge in [-0.05, 0) is 42.1 Å². The van der Waals surface area contributed by atoms with Crippen LogP contribution < -0.4 is 5.73 Å². The Kier molecular flexibility index (Phi) is 9.89. The minimum atomic E-state index is -1.40. The molecule has 0 amide bonds. The number of carbonyl (C=O) groups is 2. The summed E-state index contributed by atoms with van der Waals surface area (Å²) < 4.78 is 16.8. The summed E-state index contributed by atoms with van der Waals surface area (Å²) in [7, 11) is 0. The minimum Gasteiger partial charge on any atom is -0.396 e. The van der Waals surface area contributed by atoms with Crippen LogP contribution in [-0.2, 0) is 14.3 Å².